The van der Waals surface area contributed by atoms with E-state index in [-0.39, 0.29) is 11.9 Å². The average molecular weight is 347 g/mol. The van der Waals surface area contributed by atoms with Crippen molar-refractivity contribution < 1.29 is 4.79 Å². The molecule has 3 rings (SSSR count). The van der Waals surface area contributed by atoms with Gasteiger partial charge in [0.1, 0.15) is 5.70 Å². The second kappa shape index (κ2) is 7.28. The fourth-order valence-electron chi connectivity index (χ4n) is 3.11. The van der Waals surface area contributed by atoms with Crippen molar-refractivity contribution in [2.75, 3.05) is 0 Å². The first-order valence-corrected chi connectivity index (χ1v) is 8.72. The molecule has 2 fully saturated rings. The van der Waals surface area contributed by atoms with Gasteiger partial charge < -0.3 is 5.32 Å². The number of allylic oxidation sites excluding steroid dienone is 2. The molecule has 1 aliphatic carbocycles. The van der Waals surface area contributed by atoms with Crippen LogP contribution in [0, 0.1) is 0 Å². The summed E-state index contributed by atoms with van der Waals surface area (Å²) in [5.74, 6) is -0.0680. The molecule has 0 radical (unpaired) electrons. The van der Waals surface area contributed by atoms with Crippen LogP contribution in [0.15, 0.2) is 47.1 Å². The number of carbonyl (C=O) groups is 1. The van der Waals surface area contributed by atoms with Crippen LogP contribution < -0.4 is 5.32 Å². The van der Waals surface area contributed by atoms with Gasteiger partial charge in [0.05, 0.1) is 0 Å². The lowest BCUT2D eigenvalue weighted by Gasteiger charge is -2.29. The van der Waals surface area contributed by atoms with Crippen molar-refractivity contribution in [3.63, 3.8) is 0 Å². The van der Waals surface area contributed by atoms with Crippen LogP contribution in [0.3, 0.4) is 0 Å². The molecule has 1 saturated carbocycles. The van der Waals surface area contributed by atoms with Crippen LogP contribution in [0.1, 0.15) is 37.7 Å². The minimum atomic E-state index is -0.0680. The summed E-state index contributed by atoms with van der Waals surface area (Å²) in [6.45, 7) is 0. The van der Waals surface area contributed by atoms with E-state index in [1.165, 1.54) is 6.42 Å². The summed E-state index contributed by atoms with van der Waals surface area (Å²) in [5.41, 5.74) is 1.45. The summed E-state index contributed by atoms with van der Waals surface area (Å²) in [6.07, 6.45) is 9.09. The molecule has 1 amide bonds. The fraction of sp³-hybridized carbons (Fsp3) is 0.333. The molecule has 1 aliphatic heterocycles. The number of hydrogen-bond donors (Lipinski definition) is 1. The summed E-state index contributed by atoms with van der Waals surface area (Å²) in [4.78, 5) is 14.4. The summed E-state index contributed by atoms with van der Waals surface area (Å²) in [6, 6.07) is 9.99. The lowest BCUT2D eigenvalue weighted by atomic mass is 9.94. The standard InChI is InChI=1S/C18H19ClN2OS/c19-14(11-13-7-3-1-4-8-13)12-16-17(22)21(18(23)20-16)15-9-5-2-6-10-15/h1,3-4,7-8,11-12,15H,2,5-6,9-10H2,(H,20,23)/b14-11-,16-12+. The van der Waals surface area contributed by atoms with Crippen LogP contribution >= 0.6 is 23.8 Å². The van der Waals surface area contributed by atoms with E-state index in [1.807, 2.05) is 36.4 Å². The minimum absolute atomic E-state index is 0.0680. The highest BCUT2D eigenvalue weighted by Gasteiger charge is 2.36. The fourth-order valence-corrected chi connectivity index (χ4v) is 3.68. The van der Waals surface area contributed by atoms with E-state index < -0.39 is 0 Å². The van der Waals surface area contributed by atoms with Crippen LogP contribution in [0.2, 0.25) is 0 Å². The third-order valence-electron chi connectivity index (χ3n) is 4.24. The minimum Gasteiger partial charge on any atom is -0.328 e. The van der Waals surface area contributed by atoms with Crippen molar-refractivity contribution in [2.24, 2.45) is 0 Å². The normalized spacial score (nSPS) is 21.9. The number of halogens is 1. The Balaban J connectivity index is 1.77. The van der Waals surface area contributed by atoms with Gasteiger partial charge >= 0.3 is 0 Å². The Labute approximate surface area is 147 Å². The van der Waals surface area contributed by atoms with Gasteiger partial charge in [-0.3, -0.25) is 9.69 Å². The molecule has 2 aliphatic rings. The van der Waals surface area contributed by atoms with Crippen LogP contribution in [-0.4, -0.2) is 22.0 Å². The monoisotopic (exact) mass is 346 g/mol. The van der Waals surface area contributed by atoms with E-state index in [2.05, 4.69) is 5.32 Å². The van der Waals surface area contributed by atoms with Crippen molar-refractivity contribution >= 4 is 40.9 Å². The second-order valence-corrected chi connectivity index (χ2v) is 6.72. The molecule has 5 heteroatoms. The zero-order valence-corrected chi connectivity index (χ0v) is 14.4. The van der Waals surface area contributed by atoms with Gasteiger partial charge in [-0.05, 0) is 42.8 Å². The summed E-state index contributed by atoms with van der Waals surface area (Å²) in [5, 5.41) is 4.01. The zero-order chi connectivity index (χ0) is 16.2. The van der Waals surface area contributed by atoms with E-state index in [1.54, 1.807) is 11.0 Å². The number of hydrogen-bond acceptors (Lipinski definition) is 2. The van der Waals surface area contributed by atoms with Gasteiger partial charge in [-0.25, -0.2) is 0 Å². The highest BCUT2D eigenvalue weighted by molar-refractivity contribution is 7.80. The maximum Gasteiger partial charge on any atom is 0.276 e. The van der Waals surface area contributed by atoms with Gasteiger partial charge in [0.15, 0.2) is 5.11 Å². The molecule has 1 aromatic carbocycles. The lowest BCUT2D eigenvalue weighted by Crippen LogP contribution is -2.41. The Kier molecular flexibility index (Phi) is 5.13. The molecule has 1 saturated heterocycles. The van der Waals surface area contributed by atoms with Crippen molar-refractivity contribution in [3.8, 4) is 0 Å². The molecule has 0 bridgehead atoms. The van der Waals surface area contributed by atoms with Gasteiger partial charge in [-0.15, -0.1) is 0 Å². The Hall–Kier alpha value is -1.65. The Bertz CT molecular complexity index is 663. The number of thiocarbonyl (C=S) groups is 1. The number of nitrogens with zero attached hydrogens (tertiary/aromatic N) is 1. The lowest BCUT2D eigenvalue weighted by molar-refractivity contribution is -0.124. The number of nitrogens with one attached hydrogen (secondary N) is 1. The van der Waals surface area contributed by atoms with Crippen molar-refractivity contribution in [2.45, 2.75) is 38.1 Å². The van der Waals surface area contributed by atoms with E-state index in [0.717, 1.165) is 31.2 Å². The highest BCUT2D eigenvalue weighted by Crippen LogP contribution is 2.27. The first kappa shape index (κ1) is 16.2. The van der Waals surface area contributed by atoms with Crippen LogP contribution in [0.4, 0.5) is 0 Å². The van der Waals surface area contributed by atoms with Gasteiger partial charge in [-0.2, -0.15) is 0 Å². The van der Waals surface area contributed by atoms with Crippen molar-refractivity contribution in [1.82, 2.24) is 10.2 Å². The Morgan fingerprint density at radius 3 is 2.61 bits per heavy atom. The smallest absolute Gasteiger partial charge is 0.276 e. The van der Waals surface area contributed by atoms with Crippen molar-refractivity contribution in [1.29, 1.82) is 0 Å². The van der Waals surface area contributed by atoms with Crippen LogP contribution in [-0.2, 0) is 4.79 Å². The average Bonchev–Trinajstić information content (AvgIpc) is 2.83. The second-order valence-electron chi connectivity index (χ2n) is 5.90. The number of benzene rings is 1. The zero-order valence-electron chi connectivity index (χ0n) is 12.8. The SMILES string of the molecule is O=C1/C(=C\C(Cl)=C\c2ccccc2)NC(=S)N1C1CCCCC1. The first-order chi connectivity index (χ1) is 11.1. The maximum absolute atomic E-state index is 12.6. The molecular weight excluding hydrogens is 328 g/mol. The van der Waals surface area contributed by atoms with Crippen LogP contribution in [0.5, 0.6) is 0 Å². The predicted molar refractivity (Wildman–Crippen MR) is 97.8 cm³/mol. The largest absolute Gasteiger partial charge is 0.328 e. The third-order valence-corrected chi connectivity index (χ3v) is 4.75. The Morgan fingerprint density at radius 1 is 1.22 bits per heavy atom. The summed E-state index contributed by atoms with van der Waals surface area (Å²) < 4.78 is 0. The topological polar surface area (TPSA) is 32.3 Å². The van der Waals surface area contributed by atoms with E-state index >= 15 is 0 Å². The predicted octanol–water partition coefficient (Wildman–Crippen LogP) is 4.20. The van der Waals surface area contributed by atoms with Crippen LogP contribution in [0.25, 0.3) is 6.08 Å². The summed E-state index contributed by atoms with van der Waals surface area (Å²) in [7, 11) is 0. The number of carbonyl (C=O) groups excluding carboxylic acids is 1. The number of rotatable bonds is 3. The van der Waals surface area contributed by atoms with Gasteiger partial charge in [0.25, 0.3) is 5.91 Å². The quantitative estimate of drug-likeness (QED) is 0.657. The molecule has 0 aromatic heterocycles. The molecule has 0 spiro atoms. The molecule has 1 aromatic rings. The first-order valence-electron chi connectivity index (χ1n) is 7.93. The molecule has 1 N–H and O–H groups in total. The molecule has 3 nitrogen and oxygen atoms in total. The molecule has 23 heavy (non-hydrogen) atoms. The van der Waals surface area contributed by atoms with E-state index in [9.17, 15) is 4.79 Å². The number of amides is 1. The van der Waals surface area contributed by atoms with Gasteiger partial charge in [0, 0.05) is 11.1 Å². The highest BCUT2D eigenvalue weighted by atomic mass is 35.5. The van der Waals surface area contributed by atoms with E-state index in [0.29, 0.717) is 15.8 Å². The molecule has 120 valence electrons. The molecular formula is C18H19ClN2OS. The third kappa shape index (κ3) is 3.82. The molecule has 0 atom stereocenters. The summed E-state index contributed by atoms with van der Waals surface area (Å²) >= 11 is 11.6. The Morgan fingerprint density at radius 2 is 1.91 bits per heavy atom. The van der Waals surface area contributed by atoms with Gasteiger partial charge in [0.2, 0.25) is 0 Å². The molecule has 0 unspecified atom stereocenters. The maximum atomic E-state index is 12.6. The molecule has 1 heterocycles. The van der Waals surface area contributed by atoms with Gasteiger partial charge in [-0.1, -0.05) is 61.2 Å². The van der Waals surface area contributed by atoms with Crippen molar-refractivity contribution in [3.05, 3.63) is 52.7 Å². The van der Waals surface area contributed by atoms with E-state index in [4.69, 9.17) is 23.8 Å².